The molecule has 7 heteroatoms. The minimum absolute atomic E-state index is 0. The summed E-state index contributed by atoms with van der Waals surface area (Å²) in [6.45, 7) is 1.92. The summed E-state index contributed by atoms with van der Waals surface area (Å²) in [5, 5.41) is 0. The molecule has 0 spiro atoms. The monoisotopic (exact) mass is 414 g/mol. The molecule has 0 aromatic carbocycles. The standard InChI is InChI=1S/C20H40O5S.Na/c1-2-3-4-5-6-7-8-9-10-11-12-13-14-15-16-17-20(21)25-18-19-26(22,23)24;/h2-19H2,1H3,(H,22,23,24);/q;+1/p-1. The van der Waals surface area contributed by atoms with E-state index in [0.717, 1.165) is 19.3 Å². The molecule has 0 saturated heterocycles. The second kappa shape index (κ2) is 21.1. The van der Waals surface area contributed by atoms with Crippen LogP contribution in [0.4, 0.5) is 0 Å². The van der Waals surface area contributed by atoms with Crippen LogP contribution in [0.3, 0.4) is 0 Å². The van der Waals surface area contributed by atoms with Gasteiger partial charge in [0.2, 0.25) is 0 Å². The Hall–Kier alpha value is 0.380. The van der Waals surface area contributed by atoms with Gasteiger partial charge in [-0.3, -0.25) is 4.79 Å². The van der Waals surface area contributed by atoms with Crippen molar-refractivity contribution in [3.05, 3.63) is 0 Å². The zero-order chi connectivity index (χ0) is 19.5. The summed E-state index contributed by atoms with van der Waals surface area (Å²) in [4.78, 5) is 11.3. The first-order chi connectivity index (χ1) is 12.5. The Balaban J connectivity index is 0. The van der Waals surface area contributed by atoms with Crippen molar-refractivity contribution in [1.29, 1.82) is 0 Å². The molecule has 0 amide bonds. The molecule has 0 fully saturated rings. The maximum Gasteiger partial charge on any atom is 1.00 e. The van der Waals surface area contributed by atoms with Crippen LogP contribution in [-0.4, -0.2) is 31.3 Å². The van der Waals surface area contributed by atoms with Crippen LogP contribution < -0.4 is 29.6 Å². The Morgan fingerprint density at radius 2 is 1.11 bits per heavy atom. The first-order valence-corrected chi connectivity index (χ1v) is 12.1. The molecule has 0 aliphatic heterocycles. The minimum atomic E-state index is -4.30. The second-order valence-corrected chi connectivity index (χ2v) is 8.71. The molecular formula is C20H39NaO5S. The van der Waals surface area contributed by atoms with Gasteiger partial charge in [0.05, 0.1) is 15.9 Å². The molecule has 0 aliphatic rings. The van der Waals surface area contributed by atoms with E-state index < -0.39 is 21.8 Å². The summed E-state index contributed by atoms with van der Waals surface area (Å²) in [6, 6.07) is 0. The fourth-order valence-corrected chi connectivity index (χ4v) is 3.26. The predicted molar refractivity (Wildman–Crippen MR) is 105 cm³/mol. The molecule has 0 aliphatic carbocycles. The number of ether oxygens (including phenoxy) is 1. The molecule has 0 atom stereocenters. The van der Waals surface area contributed by atoms with Gasteiger partial charge in [0.15, 0.2) is 0 Å². The Bertz CT molecular complexity index is 426. The number of hydrogen-bond donors (Lipinski definition) is 0. The fraction of sp³-hybridized carbons (Fsp3) is 0.950. The van der Waals surface area contributed by atoms with Crippen LogP contribution in [0, 0.1) is 0 Å². The first-order valence-electron chi connectivity index (χ1n) is 10.5. The molecule has 0 unspecified atom stereocenters. The molecule has 27 heavy (non-hydrogen) atoms. The summed E-state index contributed by atoms with van der Waals surface area (Å²) in [6.07, 6.45) is 19.3. The van der Waals surface area contributed by atoms with Gasteiger partial charge in [-0.1, -0.05) is 96.8 Å². The maximum atomic E-state index is 11.3. The van der Waals surface area contributed by atoms with E-state index >= 15 is 0 Å². The summed E-state index contributed by atoms with van der Waals surface area (Å²) >= 11 is 0. The zero-order valence-electron chi connectivity index (χ0n) is 17.7. The topological polar surface area (TPSA) is 83.5 Å². The van der Waals surface area contributed by atoms with Crippen molar-refractivity contribution >= 4 is 16.1 Å². The summed E-state index contributed by atoms with van der Waals surface area (Å²) in [5.74, 6) is -1.05. The second-order valence-electron chi connectivity index (χ2n) is 7.18. The van der Waals surface area contributed by atoms with E-state index in [1.807, 2.05) is 0 Å². The first kappa shape index (κ1) is 29.6. The molecule has 0 radical (unpaired) electrons. The molecule has 156 valence electrons. The molecule has 0 aromatic rings. The number of rotatable bonds is 19. The molecule has 0 aromatic heterocycles. The van der Waals surface area contributed by atoms with Crippen LogP contribution in [-0.2, 0) is 19.6 Å². The Morgan fingerprint density at radius 3 is 1.48 bits per heavy atom. The van der Waals surface area contributed by atoms with Gasteiger partial charge in [0.1, 0.15) is 6.61 Å². The summed E-state index contributed by atoms with van der Waals surface area (Å²) in [7, 11) is -4.30. The van der Waals surface area contributed by atoms with Crippen LogP contribution in [0.2, 0.25) is 0 Å². The van der Waals surface area contributed by atoms with Gasteiger partial charge >= 0.3 is 35.5 Å². The van der Waals surface area contributed by atoms with Gasteiger partial charge in [-0.15, -0.1) is 0 Å². The van der Waals surface area contributed by atoms with E-state index in [1.165, 1.54) is 77.0 Å². The largest absolute Gasteiger partial charge is 1.00 e. The Kier molecular flexibility index (Phi) is 23.1. The van der Waals surface area contributed by atoms with Crippen molar-refractivity contribution in [3.8, 4) is 0 Å². The Labute approximate surface area is 189 Å². The van der Waals surface area contributed by atoms with Crippen LogP contribution >= 0.6 is 0 Å². The van der Waals surface area contributed by atoms with Crippen molar-refractivity contribution < 1.29 is 52.1 Å². The van der Waals surface area contributed by atoms with Crippen LogP contribution in [0.5, 0.6) is 0 Å². The van der Waals surface area contributed by atoms with E-state index in [4.69, 9.17) is 4.74 Å². The number of esters is 1. The van der Waals surface area contributed by atoms with Crippen LogP contribution in [0.1, 0.15) is 110 Å². The Morgan fingerprint density at radius 1 is 0.741 bits per heavy atom. The third-order valence-electron chi connectivity index (χ3n) is 4.58. The van der Waals surface area contributed by atoms with E-state index in [1.54, 1.807) is 0 Å². The molecule has 0 bridgehead atoms. The van der Waals surface area contributed by atoms with Crippen molar-refractivity contribution in [2.24, 2.45) is 0 Å². The van der Waals surface area contributed by atoms with E-state index in [9.17, 15) is 17.8 Å². The third-order valence-corrected chi connectivity index (χ3v) is 5.25. The predicted octanol–water partition coefficient (Wildman–Crippen LogP) is 2.34. The SMILES string of the molecule is CCCCCCCCCCCCCCCCCC(=O)OCCS(=O)(=O)[O-].[Na+]. The number of unbranched alkanes of at least 4 members (excludes halogenated alkanes) is 14. The van der Waals surface area contributed by atoms with Crippen molar-refractivity contribution in [2.45, 2.75) is 110 Å². The van der Waals surface area contributed by atoms with Gasteiger partial charge in [0.25, 0.3) is 0 Å². The number of hydrogen-bond acceptors (Lipinski definition) is 5. The van der Waals surface area contributed by atoms with Gasteiger partial charge in [-0.2, -0.15) is 0 Å². The van der Waals surface area contributed by atoms with Crippen LogP contribution in [0.25, 0.3) is 0 Å². The molecule has 0 heterocycles. The molecular weight excluding hydrogens is 375 g/mol. The normalized spacial score (nSPS) is 11.2. The summed E-state index contributed by atoms with van der Waals surface area (Å²) in [5.41, 5.74) is 0. The number of carbonyl (C=O) groups excluding carboxylic acids is 1. The van der Waals surface area contributed by atoms with Gasteiger partial charge < -0.3 is 9.29 Å². The van der Waals surface area contributed by atoms with Crippen LogP contribution in [0.15, 0.2) is 0 Å². The summed E-state index contributed by atoms with van der Waals surface area (Å²) < 4.78 is 35.8. The average molecular weight is 415 g/mol. The van der Waals surface area contributed by atoms with E-state index in [2.05, 4.69) is 6.92 Å². The quantitative estimate of drug-likeness (QED) is 0.140. The van der Waals surface area contributed by atoms with Crippen molar-refractivity contribution in [2.75, 3.05) is 12.4 Å². The smallest absolute Gasteiger partial charge is 0.748 e. The maximum absolute atomic E-state index is 11.3. The van der Waals surface area contributed by atoms with E-state index in [0.29, 0.717) is 6.42 Å². The molecule has 0 N–H and O–H groups in total. The molecule has 5 nitrogen and oxygen atoms in total. The average Bonchev–Trinajstić information content (AvgIpc) is 2.57. The minimum Gasteiger partial charge on any atom is -0.748 e. The molecule has 0 rings (SSSR count). The zero-order valence-corrected chi connectivity index (χ0v) is 20.5. The van der Waals surface area contributed by atoms with Crippen molar-refractivity contribution in [1.82, 2.24) is 0 Å². The van der Waals surface area contributed by atoms with Gasteiger partial charge in [0, 0.05) is 6.42 Å². The fourth-order valence-electron chi connectivity index (χ4n) is 2.97. The van der Waals surface area contributed by atoms with E-state index in [-0.39, 0.29) is 36.2 Å². The van der Waals surface area contributed by atoms with Gasteiger partial charge in [-0.05, 0) is 6.42 Å². The number of carbonyl (C=O) groups is 1. The van der Waals surface area contributed by atoms with Gasteiger partial charge in [-0.25, -0.2) is 8.42 Å². The molecule has 0 saturated carbocycles. The van der Waals surface area contributed by atoms with Crippen molar-refractivity contribution in [3.63, 3.8) is 0 Å². The third kappa shape index (κ3) is 26.4.